The van der Waals surface area contributed by atoms with Gasteiger partial charge in [-0.3, -0.25) is 14.2 Å². The molecular formula is C11H7N3OS. The maximum absolute atomic E-state index is 11.5. The van der Waals surface area contributed by atoms with Crippen LogP contribution in [-0.2, 0) is 0 Å². The average Bonchev–Trinajstić information content (AvgIpc) is 2.76. The number of hydrogen-bond donors (Lipinski definition) is 0. The standard InChI is InChI=1S/C11H7N3OS/c15-10-3-6-13-11-14(10)7-9(16-11)8-1-4-12-5-2-8/h1-7H. The van der Waals surface area contributed by atoms with Gasteiger partial charge in [-0.15, -0.1) is 0 Å². The summed E-state index contributed by atoms with van der Waals surface area (Å²) in [5.41, 5.74) is 0.992. The van der Waals surface area contributed by atoms with Gasteiger partial charge < -0.3 is 0 Å². The van der Waals surface area contributed by atoms with Gasteiger partial charge in [-0.25, -0.2) is 4.98 Å². The van der Waals surface area contributed by atoms with E-state index in [0.717, 1.165) is 10.4 Å². The molecule has 0 aliphatic heterocycles. The Hall–Kier alpha value is -2.01. The minimum atomic E-state index is -0.0541. The predicted octanol–water partition coefficient (Wildman–Crippen LogP) is 1.82. The molecule has 0 aliphatic rings. The molecule has 0 radical (unpaired) electrons. The van der Waals surface area contributed by atoms with E-state index in [1.165, 1.54) is 23.6 Å². The SMILES string of the molecule is O=c1ccnc2sc(-c3ccncc3)cn12. The molecule has 3 rings (SSSR count). The zero-order valence-corrected chi connectivity index (χ0v) is 9.02. The zero-order chi connectivity index (χ0) is 11.0. The lowest BCUT2D eigenvalue weighted by atomic mass is 10.2. The van der Waals surface area contributed by atoms with Gasteiger partial charge in [0.1, 0.15) is 0 Å². The summed E-state index contributed by atoms with van der Waals surface area (Å²) >= 11 is 1.49. The van der Waals surface area contributed by atoms with Crippen molar-refractivity contribution in [3.63, 3.8) is 0 Å². The van der Waals surface area contributed by atoms with E-state index in [-0.39, 0.29) is 5.56 Å². The topological polar surface area (TPSA) is 47.3 Å². The van der Waals surface area contributed by atoms with Gasteiger partial charge in [-0.05, 0) is 17.7 Å². The minimum Gasteiger partial charge on any atom is -0.269 e. The van der Waals surface area contributed by atoms with Crippen LogP contribution >= 0.6 is 11.3 Å². The molecule has 0 spiro atoms. The third kappa shape index (κ3) is 1.42. The molecule has 0 aliphatic carbocycles. The Kier molecular flexibility index (Phi) is 2.04. The smallest absolute Gasteiger partial charge is 0.258 e. The zero-order valence-electron chi connectivity index (χ0n) is 8.20. The highest BCUT2D eigenvalue weighted by Crippen LogP contribution is 2.25. The van der Waals surface area contributed by atoms with Crippen LogP contribution in [0.5, 0.6) is 0 Å². The highest BCUT2D eigenvalue weighted by Gasteiger charge is 2.05. The summed E-state index contributed by atoms with van der Waals surface area (Å²) in [4.78, 5) is 21.4. The van der Waals surface area contributed by atoms with Gasteiger partial charge in [0, 0.05) is 30.9 Å². The summed E-state index contributed by atoms with van der Waals surface area (Å²) < 4.78 is 1.56. The van der Waals surface area contributed by atoms with Crippen molar-refractivity contribution >= 4 is 16.3 Å². The summed E-state index contributed by atoms with van der Waals surface area (Å²) in [6.45, 7) is 0. The minimum absolute atomic E-state index is 0.0541. The molecule has 0 aromatic carbocycles. The number of nitrogens with zero attached hydrogens (tertiary/aromatic N) is 3. The van der Waals surface area contributed by atoms with Gasteiger partial charge in [-0.2, -0.15) is 0 Å². The number of fused-ring (bicyclic) bond motifs is 1. The molecule has 78 valence electrons. The number of aromatic nitrogens is 3. The van der Waals surface area contributed by atoms with E-state index in [0.29, 0.717) is 4.96 Å². The van der Waals surface area contributed by atoms with Crippen LogP contribution in [0.4, 0.5) is 0 Å². The molecule has 0 unspecified atom stereocenters. The number of hydrogen-bond acceptors (Lipinski definition) is 4. The molecule has 3 heterocycles. The van der Waals surface area contributed by atoms with Crippen LogP contribution in [0.1, 0.15) is 0 Å². The summed E-state index contributed by atoms with van der Waals surface area (Å²) in [7, 11) is 0. The number of thiazole rings is 1. The van der Waals surface area contributed by atoms with Crippen LogP contribution < -0.4 is 5.56 Å². The summed E-state index contributed by atoms with van der Waals surface area (Å²) in [6, 6.07) is 5.28. The van der Waals surface area contributed by atoms with Gasteiger partial charge in [0.15, 0.2) is 4.96 Å². The first-order chi connectivity index (χ1) is 7.84. The first-order valence-electron chi connectivity index (χ1n) is 4.72. The van der Waals surface area contributed by atoms with Crippen molar-refractivity contribution in [2.45, 2.75) is 0 Å². The van der Waals surface area contributed by atoms with Crippen LogP contribution in [0.3, 0.4) is 0 Å². The fourth-order valence-corrected chi connectivity index (χ4v) is 2.45. The summed E-state index contributed by atoms with van der Waals surface area (Å²) in [5, 5.41) is 0. The Balaban J connectivity index is 2.28. The molecule has 3 aromatic heterocycles. The highest BCUT2D eigenvalue weighted by molar-refractivity contribution is 7.20. The number of pyridine rings is 1. The molecule has 16 heavy (non-hydrogen) atoms. The monoisotopic (exact) mass is 229 g/mol. The summed E-state index contributed by atoms with van der Waals surface area (Å²) in [6.07, 6.45) is 6.81. The third-order valence-corrected chi connectivity index (χ3v) is 3.30. The van der Waals surface area contributed by atoms with Crippen LogP contribution in [0, 0.1) is 0 Å². The lowest BCUT2D eigenvalue weighted by Crippen LogP contribution is -2.09. The Labute approximate surface area is 94.9 Å². The second-order valence-electron chi connectivity index (χ2n) is 3.27. The highest BCUT2D eigenvalue weighted by atomic mass is 32.1. The van der Waals surface area contributed by atoms with Crippen LogP contribution in [0.2, 0.25) is 0 Å². The maximum atomic E-state index is 11.5. The van der Waals surface area contributed by atoms with Crippen molar-refractivity contribution in [3.8, 4) is 10.4 Å². The van der Waals surface area contributed by atoms with Gasteiger partial charge in [-0.1, -0.05) is 11.3 Å². The molecule has 3 aromatic rings. The second-order valence-corrected chi connectivity index (χ2v) is 4.28. The third-order valence-electron chi connectivity index (χ3n) is 2.26. The Morgan fingerprint density at radius 1 is 1.12 bits per heavy atom. The van der Waals surface area contributed by atoms with E-state index in [1.54, 1.807) is 16.8 Å². The predicted molar refractivity (Wildman–Crippen MR) is 62.6 cm³/mol. The van der Waals surface area contributed by atoms with Crippen molar-refractivity contribution in [1.29, 1.82) is 0 Å². The quantitative estimate of drug-likeness (QED) is 0.639. The van der Waals surface area contributed by atoms with Gasteiger partial charge in [0.25, 0.3) is 5.56 Å². The normalized spacial score (nSPS) is 10.8. The van der Waals surface area contributed by atoms with E-state index >= 15 is 0 Å². The molecule has 5 heteroatoms. The van der Waals surface area contributed by atoms with Crippen molar-refractivity contribution in [3.05, 3.63) is 53.3 Å². The molecule has 0 bridgehead atoms. The van der Waals surface area contributed by atoms with Crippen molar-refractivity contribution < 1.29 is 0 Å². The van der Waals surface area contributed by atoms with Crippen LogP contribution in [0.15, 0.2) is 47.8 Å². The largest absolute Gasteiger partial charge is 0.269 e. The van der Waals surface area contributed by atoms with E-state index in [2.05, 4.69) is 9.97 Å². The first kappa shape index (κ1) is 9.23. The van der Waals surface area contributed by atoms with Gasteiger partial charge in [0.2, 0.25) is 0 Å². The number of rotatable bonds is 1. The van der Waals surface area contributed by atoms with Gasteiger partial charge in [0.05, 0.1) is 4.88 Å². The molecule has 0 fully saturated rings. The van der Waals surface area contributed by atoms with Crippen LogP contribution in [0.25, 0.3) is 15.4 Å². The second kappa shape index (κ2) is 3.53. The fourth-order valence-electron chi connectivity index (χ4n) is 1.49. The fraction of sp³-hybridized carbons (Fsp3) is 0. The van der Waals surface area contributed by atoms with E-state index in [9.17, 15) is 4.79 Å². The maximum Gasteiger partial charge on any atom is 0.258 e. The van der Waals surface area contributed by atoms with E-state index in [4.69, 9.17) is 0 Å². The molecule has 4 nitrogen and oxygen atoms in total. The average molecular weight is 229 g/mol. The molecule has 0 atom stereocenters. The Bertz CT molecular complexity index is 687. The first-order valence-corrected chi connectivity index (χ1v) is 5.54. The van der Waals surface area contributed by atoms with Crippen LogP contribution in [-0.4, -0.2) is 14.4 Å². The molecule has 0 amide bonds. The summed E-state index contributed by atoms with van der Waals surface area (Å²) in [5.74, 6) is 0. The molecule has 0 saturated heterocycles. The van der Waals surface area contributed by atoms with Crippen molar-refractivity contribution in [1.82, 2.24) is 14.4 Å². The van der Waals surface area contributed by atoms with Gasteiger partial charge >= 0.3 is 0 Å². The molecule has 0 N–H and O–H groups in total. The van der Waals surface area contributed by atoms with E-state index < -0.39 is 0 Å². The lowest BCUT2D eigenvalue weighted by Gasteiger charge is -1.92. The van der Waals surface area contributed by atoms with Crippen molar-refractivity contribution in [2.24, 2.45) is 0 Å². The Morgan fingerprint density at radius 3 is 2.69 bits per heavy atom. The van der Waals surface area contributed by atoms with Crippen molar-refractivity contribution in [2.75, 3.05) is 0 Å². The Morgan fingerprint density at radius 2 is 1.94 bits per heavy atom. The molecule has 0 saturated carbocycles. The lowest BCUT2D eigenvalue weighted by molar-refractivity contribution is 1.08. The molecular weight excluding hydrogens is 222 g/mol. The van der Waals surface area contributed by atoms with E-state index in [1.807, 2.05) is 18.3 Å².